The zero-order valence-electron chi connectivity index (χ0n) is 29.4. The van der Waals surface area contributed by atoms with Gasteiger partial charge in [0.1, 0.15) is 23.0 Å². The van der Waals surface area contributed by atoms with E-state index in [1.54, 1.807) is 36.4 Å². The van der Waals surface area contributed by atoms with Gasteiger partial charge in [-0.1, -0.05) is 37.4 Å². The van der Waals surface area contributed by atoms with Crippen LogP contribution in [0.15, 0.2) is 110 Å². The smallest absolute Gasteiger partial charge is 0.336 e. The Kier molecular flexibility index (Phi) is 18.9. The van der Waals surface area contributed by atoms with Gasteiger partial charge in [0.15, 0.2) is 0 Å². The van der Waals surface area contributed by atoms with Crippen LogP contribution >= 0.6 is 0 Å². The molecule has 0 aliphatic rings. The number of carbonyl (C=O) groups is 4. The van der Waals surface area contributed by atoms with Crippen molar-refractivity contribution in [3.63, 3.8) is 0 Å². The Bertz CT molecular complexity index is 1500. The average molecular weight is 711 g/mol. The Morgan fingerprint density at radius 2 is 0.750 bits per heavy atom. The van der Waals surface area contributed by atoms with Crippen molar-refractivity contribution in [1.82, 2.24) is 0 Å². The maximum Gasteiger partial charge on any atom is 0.336 e. The molecule has 3 rings (SSSR count). The number of hydrogen-bond donors (Lipinski definition) is 0. The lowest BCUT2D eigenvalue weighted by atomic mass is 10.2. The molecule has 0 amide bonds. The fourth-order valence-electron chi connectivity index (χ4n) is 4.51. The van der Waals surface area contributed by atoms with E-state index in [0.29, 0.717) is 37.9 Å². The second kappa shape index (κ2) is 24.3. The van der Waals surface area contributed by atoms with Crippen LogP contribution in [0.5, 0.6) is 23.0 Å². The van der Waals surface area contributed by atoms with Crippen LogP contribution in [-0.2, 0) is 28.7 Å². The maximum absolute atomic E-state index is 12.3. The summed E-state index contributed by atoms with van der Waals surface area (Å²) in [5.74, 6) is 0.183. The van der Waals surface area contributed by atoms with E-state index >= 15 is 0 Å². The molecular weight excluding hydrogens is 664 g/mol. The minimum absolute atomic E-state index is 0.306. The summed E-state index contributed by atoms with van der Waals surface area (Å²) in [6.07, 6.45) is 15.5. The molecule has 0 aliphatic heterocycles. The minimum Gasteiger partial charge on any atom is -0.494 e. The Labute approximate surface area is 305 Å². The highest BCUT2D eigenvalue weighted by molar-refractivity contribution is 5.89. The lowest BCUT2D eigenvalue weighted by molar-refractivity contribution is -0.138. The molecule has 0 aromatic heterocycles. The van der Waals surface area contributed by atoms with Gasteiger partial charge in [-0.25, -0.2) is 19.2 Å². The van der Waals surface area contributed by atoms with Crippen molar-refractivity contribution in [3.8, 4) is 23.0 Å². The van der Waals surface area contributed by atoms with Crippen LogP contribution < -0.4 is 18.9 Å². The number of hydrogen-bond acceptors (Lipinski definition) is 10. The third kappa shape index (κ3) is 17.7. The predicted molar refractivity (Wildman–Crippen MR) is 199 cm³/mol. The second-order valence-electron chi connectivity index (χ2n) is 11.4. The first-order valence-corrected chi connectivity index (χ1v) is 17.3. The fourth-order valence-corrected chi connectivity index (χ4v) is 4.51. The molecule has 0 N–H and O–H groups in total. The highest BCUT2D eigenvalue weighted by atomic mass is 16.5. The first kappa shape index (κ1) is 40.5. The Hall–Kier alpha value is -5.90. The largest absolute Gasteiger partial charge is 0.494 e. The van der Waals surface area contributed by atoms with E-state index in [-0.39, 0.29) is 0 Å². The molecule has 0 unspecified atom stereocenters. The van der Waals surface area contributed by atoms with Crippen molar-refractivity contribution >= 4 is 36.0 Å². The molecule has 10 nitrogen and oxygen atoms in total. The average Bonchev–Trinajstić information content (AvgIpc) is 3.16. The molecule has 0 atom stereocenters. The maximum atomic E-state index is 12.3. The van der Waals surface area contributed by atoms with Crippen LogP contribution in [0, 0.1) is 0 Å². The summed E-state index contributed by atoms with van der Waals surface area (Å²) in [5, 5.41) is 0. The molecule has 0 aliphatic carbocycles. The van der Waals surface area contributed by atoms with Crippen molar-refractivity contribution in [1.29, 1.82) is 0 Å². The summed E-state index contributed by atoms with van der Waals surface area (Å²) in [5.41, 5.74) is 1.62. The van der Waals surface area contributed by atoms with Crippen LogP contribution in [-0.4, -0.2) is 50.3 Å². The predicted octanol–water partition coefficient (Wildman–Crippen LogP) is 8.26. The van der Waals surface area contributed by atoms with Crippen molar-refractivity contribution in [2.24, 2.45) is 0 Å². The third-order valence-electron chi connectivity index (χ3n) is 7.28. The molecule has 274 valence electrons. The lowest BCUT2D eigenvalue weighted by Gasteiger charge is -2.07. The first-order chi connectivity index (χ1) is 25.3. The topological polar surface area (TPSA) is 124 Å². The Morgan fingerprint density at radius 3 is 1.10 bits per heavy atom. The number of esters is 4. The fraction of sp³-hybridized carbons (Fsp3) is 0.286. The highest BCUT2D eigenvalue weighted by Crippen LogP contribution is 2.20. The summed E-state index contributed by atoms with van der Waals surface area (Å²) in [7, 11) is 0. The van der Waals surface area contributed by atoms with E-state index in [9.17, 15) is 19.2 Å². The van der Waals surface area contributed by atoms with Crippen LogP contribution in [0.3, 0.4) is 0 Å². The minimum atomic E-state index is -0.552. The first-order valence-electron chi connectivity index (χ1n) is 17.3. The molecule has 3 aromatic carbocycles. The van der Waals surface area contributed by atoms with Crippen molar-refractivity contribution in [3.05, 3.63) is 121 Å². The zero-order valence-corrected chi connectivity index (χ0v) is 29.4. The van der Waals surface area contributed by atoms with Gasteiger partial charge in [-0.2, -0.15) is 0 Å². The molecule has 0 saturated carbocycles. The quantitative estimate of drug-likeness (QED) is 0.0388. The SMILES string of the molecule is C=CC(=O)OCCCCCCOc1ccc(/C=C/C(=O)Oc2ccc(OC(=O)/C=C/c3ccc(OCCCCCCOC(=O)C=C)cc3)cc2)cc1. The molecule has 0 radical (unpaired) electrons. The van der Waals surface area contributed by atoms with E-state index < -0.39 is 23.9 Å². The normalized spacial score (nSPS) is 10.8. The monoisotopic (exact) mass is 710 g/mol. The van der Waals surface area contributed by atoms with E-state index in [1.807, 2.05) is 48.5 Å². The van der Waals surface area contributed by atoms with Gasteiger partial charge in [-0.3, -0.25) is 0 Å². The number of rotatable bonds is 24. The van der Waals surface area contributed by atoms with Gasteiger partial charge in [0.05, 0.1) is 26.4 Å². The number of carbonyl (C=O) groups excluding carboxylic acids is 4. The van der Waals surface area contributed by atoms with Crippen molar-refractivity contribution in [2.45, 2.75) is 51.4 Å². The van der Waals surface area contributed by atoms with Crippen molar-refractivity contribution < 1.29 is 47.6 Å². The standard InChI is InChI=1S/C42H46O10/c1-3-39(43)49-31-11-7-5-9-29-47-35-19-13-33(14-20-35)17-27-41(45)51-37-23-25-38(26-24-37)52-42(46)28-18-34-15-21-36(22-16-34)48-30-10-6-8-12-32-50-40(44)4-2/h3-4,13-28H,1-2,5-12,29-32H2/b27-17+,28-18+. The van der Waals surface area contributed by atoms with Gasteiger partial charge in [0.25, 0.3) is 0 Å². The molecule has 0 saturated heterocycles. The number of benzene rings is 3. The molecule has 0 spiro atoms. The van der Waals surface area contributed by atoms with E-state index in [1.165, 1.54) is 12.2 Å². The second-order valence-corrected chi connectivity index (χ2v) is 11.4. The molecule has 0 heterocycles. The summed E-state index contributed by atoms with van der Waals surface area (Å²) in [6.45, 7) is 8.69. The third-order valence-corrected chi connectivity index (χ3v) is 7.28. The number of ether oxygens (including phenoxy) is 6. The van der Waals surface area contributed by atoms with E-state index in [4.69, 9.17) is 28.4 Å². The van der Waals surface area contributed by atoms with Gasteiger partial charge >= 0.3 is 23.9 Å². The van der Waals surface area contributed by atoms with Gasteiger partial charge < -0.3 is 28.4 Å². The zero-order chi connectivity index (χ0) is 37.2. The summed E-state index contributed by atoms with van der Waals surface area (Å²) >= 11 is 0. The Morgan fingerprint density at radius 1 is 0.423 bits per heavy atom. The van der Waals surface area contributed by atoms with Crippen LogP contribution in [0.4, 0.5) is 0 Å². The van der Waals surface area contributed by atoms with E-state index in [2.05, 4.69) is 13.2 Å². The van der Waals surface area contributed by atoms with Gasteiger partial charge in [-0.05, 0) is 123 Å². The Balaban J connectivity index is 1.29. The molecular formula is C42H46O10. The summed E-state index contributed by atoms with van der Waals surface area (Å²) in [6, 6.07) is 20.9. The summed E-state index contributed by atoms with van der Waals surface area (Å²) < 4.78 is 32.1. The molecule has 10 heteroatoms. The van der Waals surface area contributed by atoms with Crippen LogP contribution in [0.2, 0.25) is 0 Å². The molecule has 0 bridgehead atoms. The van der Waals surface area contributed by atoms with Gasteiger partial charge in [-0.15, -0.1) is 0 Å². The van der Waals surface area contributed by atoms with Gasteiger partial charge in [0.2, 0.25) is 0 Å². The van der Waals surface area contributed by atoms with Crippen LogP contribution in [0.25, 0.3) is 12.2 Å². The lowest BCUT2D eigenvalue weighted by Crippen LogP contribution is -2.05. The van der Waals surface area contributed by atoms with E-state index in [0.717, 1.165) is 86.1 Å². The molecule has 3 aromatic rings. The van der Waals surface area contributed by atoms with Crippen molar-refractivity contribution in [2.75, 3.05) is 26.4 Å². The molecule has 52 heavy (non-hydrogen) atoms. The summed E-state index contributed by atoms with van der Waals surface area (Å²) in [4.78, 5) is 46.7. The molecule has 0 fully saturated rings. The van der Waals surface area contributed by atoms with Gasteiger partial charge in [0, 0.05) is 24.3 Å². The highest BCUT2D eigenvalue weighted by Gasteiger charge is 2.05. The number of unbranched alkanes of at least 4 members (excludes halogenated alkanes) is 6. The van der Waals surface area contributed by atoms with Crippen LogP contribution in [0.1, 0.15) is 62.5 Å².